The SMILES string of the molecule is Cc1ccc(-c2c(C(=O)NN)ncn2-c2cccc(Cl)c2)cc1. The second-order valence-electron chi connectivity index (χ2n) is 5.13. The van der Waals surface area contributed by atoms with Gasteiger partial charge in [-0.15, -0.1) is 0 Å². The predicted octanol–water partition coefficient (Wildman–Crippen LogP) is 3.10. The molecule has 0 spiro atoms. The number of benzene rings is 2. The smallest absolute Gasteiger partial charge is 0.286 e. The number of aromatic nitrogens is 2. The Morgan fingerprint density at radius 3 is 2.61 bits per heavy atom. The largest absolute Gasteiger partial charge is 0.298 e. The molecule has 3 N–H and O–H groups in total. The molecule has 23 heavy (non-hydrogen) atoms. The van der Waals surface area contributed by atoms with E-state index in [0.29, 0.717) is 10.7 Å². The van der Waals surface area contributed by atoms with E-state index in [1.165, 1.54) is 0 Å². The number of nitrogens with one attached hydrogen (secondary N) is 1. The molecule has 1 heterocycles. The van der Waals surface area contributed by atoms with E-state index in [2.05, 4.69) is 10.4 Å². The van der Waals surface area contributed by atoms with Crippen LogP contribution in [0.3, 0.4) is 0 Å². The topological polar surface area (TPSA) is 72.9 Å². The lowest BCUT2D eigenvalue weighted by atomic mass is 10.1. The number of nitrogens with two attached hydrogens (primary N) is 1. The Morgan fingerprint density at radius 2 is 1.96 bits per heavy atom. The molecule has 0 aliphatic carbocycles. The van der Waals surface area contributed by atoms with Gasteiger partial charge in [-0.2, -0.15) is 0 Å². The number of rotatable bonds is 3. The van der Waals surface area contributed by atoms with Crippen molar-refractivity contribution in [3.63, 3.8) is 0 Å². The van der Waals surface area contributed by atoms with E-state index in [1.54, 1.807) is 12.4 Å². The third-order valence-corrected chi connectivity index (χ3v) is 3.76. The van der Waals surface area contributed by atoms with Gasteiger partial charge in [-0.25, -0.2) is 10.8 Å². The average molecular weight is 327 g/mol. The van der Waals surface area contributed by atoms with Crippen LogP contribution in [-0.2, 0) is 0 Å². The normalized spacial score (nSPS) is 10.6. The minimum absolute atomic E-state index is 0.260. The molecule has 6 heteroatoms. The average Bonchev–Trinajstić information content (AvgIpc) is 3.00. The van der Waals surface area contributed by atoms with Crippen LogP contribution in [0.1, 0.15) is 16.1 Å². The fourth-order valence-electron chi connectivity index (χ4n) is 2.39. The van der Waals surface area contributed by atoms with Crippen molar-refractivity contribution in [2.24, 2.45) is 5.84 Å². The number of hydrazine groups is 1. The zero-order chi connectivity index (χ0) is 16.4. The van der Waals surface area contributed by atoms with E-state index in [-0.39, 0.29) is 5.69 Å². The van der Waals surface area contributed by atoms with E-state index in [1.807, 2.05) is 54.0 Å². The van der Waals surface area contributed by atoms with Gasteiger partial charge in [0.05, 0.1) is 5.69 Å². The Labute approximate surface area is 138 Å². The van der Waals surface area contributed by atoms with E-state index in [0.717, 1.165) is 16.8 Å². The molecular formula is C17H15ClN4O. The third kappa shape index (κ3) is 2.97. The summed E-state index contributed by atoms with van der Waals surface area (Å²) in [6, 6.07) is 15.2. The maximum absolute atomic E-state index is 12.0. The summed E-state index contributed by atoms with van der Waals surface area (Å²) in [4.78, 5) is 16.3. The molecule has 0 saturated carbocycles. The number of nitrogens with zero attached hydrogens (tertiary/aromatic N) is 2. The fraction of sp³-hybridized carbons (Fsp3) is 0.0588. The number of carbonyl (C=O) groups is 1. The van der Waals surface area contributed by atoms with Crippen LogP contribution in [0.25, 0.3) is 16.9 Å². The Morgan fingerprint density at radius 1 is 1.22 bits per heavy atom. The second-order valence-corrected chi connectivity index (χ2v) is 5.57. The van der Waals surface area contributed by atoms with E-state index in [4.69, 9.17) is 17.4 Å². The van der Waals surface area contributed by atoms with E-state index < -0.39 is 5.91 Å². The predicted molar refractivity (Wildman–Crippen MR) is 90.4 cm³/mol. The van der Waals surface area contributed by atoms with Crippen molar-refractivity contribution in [3.05, 3.63) is 71.1 Å². The van der Waals surface area contributed by atoms with Gasteiger partial charge < -0.3 is 0 Å². The summed E-state index contributed by atoms with van der Waals surface area (Å²) in [6.07, 6.45) is 1.59. The molecule has 0 unspecified atom stereocenters. The molecule has 3 rings (SSSR count). The number of aryl methyl sites for hydroxylation is 1. The van der Waals surface area contributed by atoms with Crippen LogP contribution in [0.2, 0.25) is 5.02 Å². The van der Waals surface area contributed by atoms with E-state index >= 15 is 0 Å². The van der Waals surface area contributed by atoms with Crippen LogP contribution in [0.4, 0.5) is 0 Å². The molecule has 1 aromatic heterocycles. The van der Waals surface area contributed by atoms with Crippen LogP contribution in [-0.4, -0.2) is 15.5 Å². The highest BCUT2D eigenvalue weighted by Crippen LogP contribution is 2.27. The number of nitrogen functional groups attached to an aromatic ring is 1. The molecule has 3 aromatic rings. The highest BCUT2D eigenvalue weighted by Gasteiger charge is 2.19. The van der Waals surface area contributed by atoms with Gasteiger partial charge in [-0.1, -0.05) is 47.5 Å². The Balaban J connectivity index is 2.23. The molecule has 0 fully saturated rings. The number of halogens is 1. The molecule has 0 bridgehead atoms. The molecule has 0 aliphatic heterocycles. The zero-order valence-electron chi connectivity index (χ0n) is 12.5. The lowest BCUT2D eigenvalue weighted by Gasteiger charge is -2.11. The summed E-state index contributed by atoms with van der Waals surface area (Å²) in [5, 5.41) is 0.607. The summed E-state index contributed by atoms with van der Waals surface area (Å²) in [7, 11) is 0. The number of hydrogen-bond donors (Lipinski definition) is 2. The summed E-state index contributed by atoms with van der Waals surface area (Å²) >= 11 is 6.08. The molecule has 0 aliphatic rings. The van der Waals surface area contributed by atoms with Crippen molar-refractivity contribution in [1.82, 2.24) is 15.0 Å². The molecule has 116 valence electrons. The maximum Gasteiger partial charge on any atom is 0.286 e. The number of hydrogen-bond acceptors (Lipinski definition) is 3. The first kappa shape index (κ1) is 15.3. The van der Waals surface area contributed by atoms with E-state index in [9.17, 15) is 4.79 Å². The van der Waals surface area contributed by atoms with Gasteiger partial charge in [0.25, 0.3) is 5.91 Å². The number of carbonyl (C=O) groups excluding carboxylic acids is 1. The highest BCUT2D eigenvalue weighted by atomic mass is 35.5. The van der Waals surface area contributed by atoms with Crippen molar-refractivity contribution in [1.29, 1.82) is 0 Å². The minimum atomic E-state index is -0.443. The van der Waals surface area contributed by atoms with Gasteiger partial charge in [0, 0.05) is 16.3 Å². The Hall–Kier alpha value is -2.63. The van der Waals surface area contributed by atoms with Crippen LogP contribution >= 0.6 is 11.6 Å². The van der Waals surface area contributed by atoms with Crippen molar-refractivity contribution >= 4 is 17.5 Å². The number of amides is 1. The van der Waals surface area contributed by atoms with Crippen molar-refractivity contribution in [2.45, 2.75) is 6.92 Å². The van der Waals surface area contributed by atoms with Gasteiger partial charge in [0.2, 0.25) is 0 Å². The van der Waals surface area contributed by atoms with Gasteiger partial charge in [-0.05, 0) is 25.1 Å². The minimum Gasteiger partial charge on any atom is -0.298 e. The molecule has 5 nitrogen and oxygen atoms in total. The molecule has 1 amide bonds. The Bertz CT molecular complexity index is 855. The molecule has 0 saturated heterocycles. The molecule has 0 atom stereocenters. The first-order valence-electron chi connectivity index (χ1n) is 7.01. The summed E-state index contributed by atoms with van der Waals surface area (Å²) in [5.41, 5.74) is 5.88. The molecular weight excluding hydrogens is 312 g/mol. The maximum atomic E-state index is 12.0. The van der Waals surface area contributed by atoms with Crippen LogP contribution in [0.15, 0.2) is 54.9 Å². The van der Waals surface area contributed by atoms with Crippen molar-refractivity contribution in [2.75, 3.05) is 0 Å². The summed E-state index contributed by atoms with van der Waals surface area (Å²) in [5.74, 6) is 4.83. The second kappa shape index (κ2) is 6.24. The van der Waals surface area contributed by atoms with Crippen LogP contribution in [0.5, 0.6) is 0 Å². The van der Waals surface area contributed by atoms with Crippen molar-refractivity contribution in [3.8, 4) is 16.9 Å². The third-order valence-electron chi connectivity index (χ3n) is 3.53. The fourth-order valence-corrected chi connectivity index (χ4v) is 2.58. The van der Waals surface area contributed by atoms with Crippen LogP contribution < -0.4 is 11.3 Å². The lowest BCUT2D eigenvalue weighted by molar-refractivity contribution is 0.0950. The highest BCUT2D eigenvalue weighted by molar-refractivity contribution is 6.30. The van der Waals surface area contributed by atoms with Gasteiger partial charge in [0.1, 0.15) is 6.33 Å². The number of imidazole rings is 1. The standard InChI is InChI=1S/C17H15ClN4O/c1-11-5-7-12(8-6-11)16-15(17(23)21-19)20-10-22(16)14-4-2-3-13(18)9-14/h2-10H,19H2,1H3,(H,21,23). The molecule has 2 aromatic carbocycles. The first-order valence-corrected chi connectivity index (χ1v) is 7.39. The first-order chi connectivity index (χ1) is 11.1. The monoisotopic (exact) mass is 326 g/mol. The van der Waals surface area contributed by atoms with Gasteiger partial charge in [-0.3, -0.25) is 14.8 Å². The lowest BCUT2D eigenvalue weighted by Crippen LogP contribution is -2.30. The van der Waals surface area contributed by atoms with Crippen molar-refractivity contribution < 1.29 is 4.79 Å². The quantitative estimate of drug-likeness (QED) is 0.441. The zero-order valence-corrected chi connectivity index (χ0v) is 13.2. The molecule has 0 radical (unpaired) electrons. The Kier molecular flexibility index (Phi) is 4.14. The summed E-state index contributed by atoms with van der Waals surface area (Å²) < 4.78 is 1.82. The van der Waals surface area contributed by atoms with Crippen LogP contribution in [0, 0.1) is 6.92 Å². The van der Waals surface area contributed by atoms with Gasteiger partial charge in [0.15, 0.2) is 5.69 Å². The van der Waals surface area contributed by atoms with Gasteiger partial charge >= 0.3 is 0 Å². The summed E-state index contributed by atoms with van der Waals surface area (Å²) in [6.45, 7) is 2.01.